The van der Waals surface area contributed by atoms with Gasteiger partial charge in [0.2, 0.25) is 0 Å². The molecule has 0 spiro atoms. The Morgan fingerprint density at radius 3 is 2.68 bits per heavy atom. The van der Waals surface area contributed by atoms with Gasteiger partial charge in [0.05, 0.1) is 11.9 Å². The maximum Gasteiger partial charge on any atom is 0.335 e. The predicted molar refractivity (Wildman–Crippen MR) is 72.3 cm³/mol. The van der Waals surface area contributed by atoms with Gasteiger partial charge in [-0.2, -0.15) is 0 Å². The third-order valence-corrected chi connectivity index (χ3v) is 2.80. The van der Waals surface area contributed by atoms with E-state index < -0.39 is 11.9 Å². The molecule has 0 bridgehead atoms. The molecule has 1 aromatic carbocycles. The number of hydrogen-bond donors (Lipinski definition) is 2. The smallest absolute Gasteiger partial charge is 0.335 e. The van der Waals surface area contributed by atoms with E-state index in [1.165, 1.54) is 18.5 Å². The summed E-state index contributed by atoms with van der Waals surface area (Å²) in [5, 5.41) is 11.5. The van der Waals surface area contributed by atoms with Crippen LogP contribution in [0.15, 0.2) is 35.2 Å². The molecule has 1 amide bonds. The van der Waals surface area contributed by atoms with Crippen LogP contribution in [0.2, 0.25) is 0 Å². The first-order valence-electron chi connectivity index (χ1n) is 5.29. The third-order valence-electron chi connectivity index (χ3n) is 2.34. The van der Waals surface area contributed by atoms with Gasteiger partial charge in [-0.05, 0) is 18.2 Å². The molecule has 0 saturated carbocycles. The molecule has 0 saturated heterocycles. The number of anilines is 1. The highest BCUT2D eigenvalue weighted by atomic mass is 79.9. The summed E-state index contributed by atoms with van der Waals surface area (Å²) in [7, 11) is 1.76. The van der Waals surface area contributed by atoms with Gasteiger partial charge in [0, 0.05) is 23.4 Å². The molecule has 0 aliphatic rings. The summed E-state index contributed by atoms with van der Waals surface area (Å²) in [4.78, 5) is 26.7. The second kappa shape index (κ2) is 5.23. The average molecular weight is 324 g/mol. The Labute approximate surface area is 117 Å². The summed E-state index contributed by atoms with van der Waals surface area (Å²) in [5.74, 6) is -1.45. The highest BCUT2D eigenvalue weighted by Crippen LogP contribution is 2.20. The molecule has 2 rings (SSSR count). The Kier molecular flexibility index (Phi) is 3.66. The topological polar surface area (TPSA) is 84.2 Å². The number of carboxylic acids is 1. The average Bonchev–Trinajstić information content (AvgIpc) is 2.75. The van der Waals surface area contributed by atoms with E-state index in [9.17, 15) is 9.59 Å². The Bertz CT molecular complexity index is 651. The van der Waals surface area contributed by atoms with Crippen molar-refractivity contribution in [3.8, 4) is 0 Å². The lowest BCUT2D eigenvalue weighted by atomic mass is 10.2. The van der Waals surface area contributed by atoms with Crippen LogP contribution in [-0.2, 0) is 7.05 Å². The van der Waals surface area contributed by atoms with Crippen LogP contribution in [0.5, 0.6) is 0 Å². The van der Waals surface area contributed by atoms with Gasteiger partial charge in [-0.15, -0.1) is 0 Å². The number of hydrogen-bond acceptors (Lipinski definition) is 3. The van der Waals surface area contributed by atoms with Gasteiger partial charge in [-0.25, -0.2) is 9.78 Å². The zero-order valence-electron chi connectivity index (χ0n) is 9.92. The standard InChI is InChI=1S/C12H10BrN3O3/c1-16-5-10(14-6-16)11(17)15-9-3-7(12(18)19)2-8(13)4-9/h2-6H,1H3,(H,15,17)(H,18,19). The van der Waals surface area contributed by atoms with Crippen molar-refractivity contribution in [2.45, 2.75) is 0 Å². The molecule has 2 N–H and O–H groups in total. The number of carbonyl (C=O) groups excluding carboxylic acids is 1. The predicted octanol–water partition coefficient (Wildman–Crippen LogP) is 2.13. The first-order chi connectivity index (χ1) is 8.95. The molecule has 0 atom stereocenters. The Hall–Kier alpha value is -2.15. The van der Waals surface area contributed by atoms with Crippen LogP contribution in [0.3, 0.4) is 0 Å². The number of nitrogens with zero attached hydrogens (tertiary/aromatic N) is 2. The number of aryl methyl sites for hydroxylation is 1. The van der Waals surface area contributed by atoms with Crippen molar-refractivity contribution in [2.24, 2.45) is 7.05 Å². The van der Waals surface area contributed by atoms with Gasteiger partial charge in [0.15, 0.2) is 0 Å². The lowest BCUT2D eigenvalue weighted by Gasteiger charge is -2.05. The molecule has 0 aliphatic heterocycles. The second-order valence-electron chi connectivity index (χ2n) is 3.91. The molecule has 2 aromatic rings. The maximum atomic E-state index is 11.9. The molecule has 1 heterocycles. The van der Waals surface area contributed by atoms with E-state index in [-0.39, 0.29) is 11.3 Å². The largest absolute Gasteiger partial charge is 0.478 e. The van der Waals surface area contributed by atoms with Gasteiger partial charge in [-0.3, -0.25) is 4.79 Å². The number of halogens is 1. The lowest BCUT2D eigenvalue weighted by Crippen LogP contribution is -2.13. The third kappa shape index (κ3) is 3.19. The minimum Gasteiger partial charge on any atom is -0.478 e. The summed E-state index contributed by atoms with van der Waals surface area (Å²) in [6, 6.07) is 4.46. The first-order valence-corrected chi connectivity index (χ1v) is 6.08. The number of amides is 1. The number of nitrogens with one attached hydrogen (secondary N) is 1. The molecule has 1 aromatic heterocycles. The van der Waals surface area contributed by atoms with E-state index in [0.29, 0.717) is 10.2 Å². The molecule has 0 unspecified atom stereocenters. The van der Waals surface area contributed by atoms with Gasteiger partial charge >= 0.3 is 5.97 Å². The Morgan fingerprint density at radius 2 is 2.11 bits per heavy atom. The summed E-state index contributed by atoms with van der Waals surface area (Å²) < 4.78 is 2.22. The molecule has 0 aliphatic carbocycles. The van der Waals surface area contributed by atoms with E-state index in [4.69, 9.17) is 5.11 Å². The maximum absolute atomic E-state index is 11.9. The summed E-state index contributed by atoms with van der Waals surface area (Å²) in [6.07, 6.45) is 3.09. The van der Waals surface area contributed by atoms with Crippen molar-refractivity contribution in [3.63, 3.8) is 0 Å². The van der Waals surface area contributed by atoms with E-state index in [1.54, 1.807) is 23.9 Å². The van der Waals surface area contributed by atoms with Gasteiger partial charge in [0.25, 0.3) is 5.91 Å². The lowest BCUT2D eigenvalue weighted by molar-refractivity contribution is 0.0696. The molecule has 19 heavy (non-hydrogen) atoms. The molecular formula is C12H10BrN3O3. The van der Waals surface area contributed by atoms with E-state index >= 15 is 0 Å². The number of aromatic carboxylic acids is 1. The molecule has 7 heteroatoms. The summed E-state index contributed by atoms with van der Waals surface area (Å²) in [6.45, 7) is 0. The monoisotopic (exact) mass is 323 g/mol. The van der Waals surface area contributed by atoms with Crippen molar-refractivity contribution in [1.82, 2.24) is 9.55 Å². The van der Waals surface area contributed by atoms with Crippen molar-refractivity contribution in [3.05, 3.63) is 46.5 Å². The highest BCUT2D eigenvalue weighted by molar-refractivity contribution is 9.10. The number of aromatic nitrogens is 2. The van der Waals surface area contributed by atoms with Crippen LogP contribution in [0.25, 0.3) is 0 Å². The van der Waals surface area contributed by atoms with Crippen molar-refractivity contribution in [2.75, 3.05) is 5.32 Å². The first kappa shape index (κ1) is 13.3. The Balaban J connectivity index is 2.23. The van der Waals surface area contributed by atoms with Crippen LogP contribution in [0.4, 0.5) is 5.69 Å². The zero-order valence-corrected chi connectivity index (χ0v) is 11.5. The van der Waals surface area contributed by atoms with Gasteiger partial charge in [-0.1, -0.05) is 15.9 Å². The van der Waals surface area contributed by atoms with Gasteiger partial charge in [0.1, 0.15) is 5.69 Å². The van der Waals surface area contributed by atoms with E-state index in [1.807, 2.05) is 0 Å². The number of carbonyl (C=O) groups is 2. The van der Waals surface area contributed by atoms with E-state index in [0.717, 1.165) is 0 Å². The number of imidazole rings is 1. The minimum atomic E-state index is -1.06. The molecule has 0 radical (unpaired) electrons. The van der Waals surface area contributed by atoms with Crippen LogP contribution in [0.1, 0.15) is 20.8 Å². The van der Waals surface area contributed by atoms with Crippen LogP contribution >= 0.6 is 15.9 Å². The number of benzene rings is 1. The molecule has 0 fully saturated rings. The Morgan fingerprint density at radius 1 is 1.37 bits per heavy atom. The van der Waals surface area contributed by atoms with E-state index in [2.05, 4.69) is 26.2 Å². The minimum absolute atomic E-state index is 0.0886. The number of carboxylic acid groups (broad SMARTS) is 1. The number of rotatable bonds is 3. The van der Waals surface area contributed by atoms with Crippen molar-refractivity contribution < 1.29 is 14.7 Å². The van der Waals surface area contributed by atoms with Crippen LogP contribution < -0.4 is 5.32 Å². The second-order valence-corrected chi connectivity index (χ2v) is 4.83. The fourth-order valence-electron chi connectivity index (χ4n) is 1.51. The fraction of sp³-hybridized carbons (Fsp3) is 0.0833. The molecular weight excluding hydrogens is 314 g/mol. The molecule has 6 nitrogen and oxygen atoms in total. The highest BCUT2D eigenvalue weighted by Gasteiger charge is 2.11. The van der Waals surface area contributed by atoms with Crippen molar-refractivity contribution in [1.29, 1.82) is 0 Å². The molecule has 98 valence electrons. The normalized spacial score (nSPS) is 10.2. The fourth-order valence-corrected chi connectivity index (χ4v) is 2.00. The summed E-state index contributed by atoms with van der Waals surface area (Å²) >= 11 is 3.20. The summed E-state index contributed by atoms with van der Waals surface area (Å²) in [5.41, 5.74) is 0.743. The van der Waals surface area contributed by atoms with Crippen LogP contribution in [0, 0.1) is 0 Å². The SMILES string of the molecule is Cn1cnc(C(=O)Nc2cc(Br)cc(C(=O)O)c2)c1. The quantitative estimate of drug-likeness (QED) is 0.906. The van der Waals surface area contributed by atoms with Crippen molar-refractivity contribution >= 4 is 33.5 Å². The van der Waals surface area contributed by atoms with Gasteiger partial charge < -0.3 is 15.0 Å². The zero-order chi connectivity index (χ0) is 14.0. The van der Waals surface area contributed by atoms with Crippen LogP contribution in [-0.4, -0.2) is 26.5 Å².